The predicted molar refractivity (Wildman–Crippen MR) is 84.8 cm³/mol. The van der Waals surface area contributed by atoms with Gasteiger partial charge in [-0.1, -0.05) is 30.3 Å². The van der Waals surface area contributed by atoms with E-state index in [1.807, 2.05) is 30.3 Å². The number of hydrogen-bond donors (Lipinski definition) is 0. The minimum atomic E-state index is -2.88. The number of halogens is 1. The highest BCUT2D eigenvalue weighted by Crippen LogP contribution is 2.25. The van der Waals surface area contributed by atoms with Gasteiger partial charge >= 0.3 is 0 Å². The fourth-order valence-corrected chi connectivity index (χ4v) is 3.93. The van der Waals surface area contributed by atoms with Crippen LogP contribution < -0.4 is 9.47 Å². The van der Waals surface area contributed by atoms with Gasteiger partial charge in [-0.05, 0) is 17.7 Å². The summed E-state index contributed by atoms with van der Waals surface area (Å²) in [6.45, 7) is 0.570. The normalized spacial score (nSPS) is 16.6. The molecule has 122 valence electrons. The molecule has 0 N–H and O–H groups in total. The fraction of sp³-hybridized carbons (Fsp3) is 0.294. The average molecular weight is 336 g/mol. The number of hydrogen-bond acceptors (Lipinski definition) is 4. The van der Waals surface area contributed by atoms with Crippen LogP contribution in [0.25, 0.3) is 0 Å². The Morgan fingerprint density at radius 3 is 2.43 bits per heavy atom. The van der Waals surface area contributed by atoms with Crippen LogP contribution in [-0.4, -0.2) is 26.5 Å². The molecule has 0 bridgehead atoms. The molecule has 1 heterocycles. The Hall–Kier alpha value is -2.08. The van der Waals surface area contributed by atoms with Crippen LogP contribution >= 0.6 is 0 Å². The smallest absolute Gasteiger partial charge is 0.168 e. The van der Waals surface area contributed by atoms with Crippen molar-refractivity contribution in [1.82, 2.24) is 0 Å². The van der Waals surface area contributed by atoms with Gasteiger partial charge < -0.3 is 9.47 Å². The monoisotopic (exact) mass is 336 g/mol. The topological polar surface area (TPSA) is 52.6 Å². The molecule has 0 aliphatic carbocycles. The van der Waals surface area contributed by atoms with Gasteiger partial charge in [0.05, 0.1) is 18.1 Å². The van der Waals surface area contributed by atoms with Gasteiger partial charge in [-0.15, -0.1) is 0 Å². The summed E-state index contributed by atoms with van der Waals surface area (Å²) < 4.78 is 47.0. The maximum absolute atomic E-state index is 14.0. The summed E-state index contributed by atoms with van der Waals surface area (Å²) in [5.41, 5.74) is 0.999. The minimum Gasteiger partial charge on any atom is -0.490 e. The Morgan fingerprint density at radius 1 is 1.04 bits per heavy atom. The first-order valence-corrected chi connectivity index (χ1v) is 9.13. The lowest BCUT2D eigenvalue weighted by Gasteiger charge is -2.25. The van der Waals surface area contributed by atoms with Crippen molar-refractivity contribution >= 4 is 9.84 Å². The molecule has 0 aromatic heterocycles. The highest BCUT2D eigenvalue weighted by atomic mass is 32.2. The van der Waals surface area contributed by atoms with Crippen molar-refractivity contribution in [2.45, 2.75) is 6.61 Å². The second kappa shape index (κ2) is 6.58. The van der Waals surface area contributed by atoms with Crippen LogP contribution in [0.2, 0.25) is 0 Å². The second-order valence-corrected chi connectivity index (χ2v) is 7.77. The van der Waals surface area contributed by atoms with E-state index in [-0.39, 0.29) is 29.8 Å². The minimum absolute atomic E-state index is 0.0478. The summed E-state index contributed by atoms with van der Waals surface area (Å²) >= 11 is 0. The van der Waals surface area contributed by atoms with Crippen molar-refractivity contribution in [3.63, 3.8) is 0 Å². The molecule has 0 unspecified atom stereocenters. The predicted octanol–water partition coefficient (Wildman–Crippen LogP) is 2.83. The Morgan fingerprint density at radius 2 is 1.78 bits per heavy atom. The van der Waals surface area contributed by atoms with E-state index in [4.69, 9.17) is 9.47 Å². The SMILES string of the molecule is O=S1(=O)CC(COc2ccc(OCc3ccccc3)cc2F)C1. The molecule has 1 saturated heterocycles. The zero-order valence-electron chi connectivity index (χ0n) is 12.4. The summed E-state index contributed by atoms with van der Waals surface area (Å²) in [5, 5.41) is 0. The maximum Gasteiger partial charge on any atom is 0.168 e. The molecule has 0 spiro atoms. The molecule has 1 fully saturated rings. The van der Waals surface area contributed by atoms with E-state index in [1.165, 1.54) is 12.1 Å². The average Bonchev–Trinajstić information content (AvgIpc) is 2.51. The zero-order chi connectivity index (χ0) is 16.3. The van der Waals surface area contributed by atoms with Crippen molar-refractivity contribution in [3.05, 3.63) is 59.9 Å². The third-order valence-corrected chi connectivity index (χ3v) is 5.56. The van der Waals surface area contributed by atoms with E-state index >= 15 is 0 Å². The number of ether oxygens (including phenoxy) is 2. The zero-order valence-corrected chi connectivity index (χ0v) is 13.3. The molecule has 4 nitrogen and oxygen atoms in total. The molecular formula is C17H17FO4S. The maximum atomic E-state index is 14.0. The lowest BCUT2D eigenvalue weighted by atomic mass is 10.2. The molecule has 6 heteroatoms. The van der Waals surface area contributed by atoms with Crippen molar-refractivity contribution in [1.29, 1.82) is 0 Å². The van der Waals surface area contributed by atoms with Crippen molar-refractivity contribution < 1.29 is 22.3 Å². The Labute approximate surface area is 134 Å². The molecule has 2 aromatic carbocycles. The largest absolute Gasteiger partial charge is 0.490 e. The van der Waals surface area contributed by atoms with Crippen molar-refractivity contribution in [2.75, 3.05) is 18.1 Å². The first-order chi connectivity index (χ1) is 11.0. The molecule has 0 atom stereocenters. The number of sulfone groups is 1. The van der Waals surface area contributed by atoms with Crippen molar-refractivity contribution in [3.8, 4) is 11.5 Å². The Balaban J connectivity index is 1.53. The van der Waals surface area contributed by atoms with E-state index in [1.54, 1.807) is 6.07 Å². The van der Waals surface area contributed by atoms with Crippen LogP contribution in [0, 0.1) is 11.7 Å². The van der Waals surface area contributed by atoms with Gasteiger partial charge in [0.15, 0.2) is 21.4 Å². The molecule has 0 saturated carbocycles. The lowest BCUT2D eigenvalue weighted by Crippen LogP contribution is -2.39. The third kappa shape index (κ3) is 4.22. The number of rotatable bonds is 6. The van der Waals surface area contributed by atoms with Gasteiger partial charge in [0.25, 0.3) is 0 Å². The standard InChI is InChI=1S/C17H17FO4S/c18-16-8-15(21-9-13-4-2-1-3-5-13)6-7-17(16)22-10-14-11-23(19,20)12-14/h1-8,14H,9-12H2. The fourth-order valence-electron chi connectivity index (χ4n) is 2.40. The van der Waals surface area contributed by atoms with Crippen LogP contribution in [0.3, 0.4) is 0 Å². The van der Waals surface area contributed by atoms with Crippen LogP contribution in [0.5, 0.6) is 11.5 Å². The molecule has 0 amide bonds. The van der Waals surface area contributed by atoms with Crippen LogP contribution in [0.4, 0.5) is 4.39 Å². The second-order valence-electron chi connectivity index (χ2n) is 5.62. The molecule has 0 radical (unpaired) electrons. The molecule has 23 heavy (non-hydrogen) atoms. The van der Waals surface area contributed by atoms with Crippen LogP contribution in [-0.2, 0) is 16.4 Å². The summed E-state index contributed by atoms with van der Waals surface area (Å²) in [5.74, 6) is 0.206. The quantitative estimate of drug-likeness (QED) is 0.814. The van der Waals surface area contributed by atoms with Gasteiger partial charge in [-0.3, -0.25) is 0 Å². The summed E-state index contributed by atoms with van der Waals surface area (Å²) in [7, 11) is -2.88. The lowest BCUT2D eigenvalue weighted by molar-refractivity contribution is 0.251. The highest BCUT2D eigenvalue weighted by Gasteiger charge is 2.33. The van der Waals surface area contributed by atoms with Gasteiger partial charge in [0, 0.05) is 12.0 Å². The molecule has 2 aromatic rings. The Kier molecular flexibility index (Phi) is 4.52. The first-order valence-electron chi connectivity index (χ1n) is 7.31. The van der Waals surface area contributed by atoms with E-state index < -0.39 is 15.7 Å². The molecule has 1 aliphatic rings. The Bertz CT molecular complexity index is 762. The van der Waals surface area contributed by atoms with Crippen molar-refractivity contribution in [2.24, 2.45) is 5.92 Å². The van der Waals surface area contributed by atoms with Gasteiger partial charge in [-0.25, -0.2) is 12.8 Å². The van der Waals surface area contributed by atoms with Crippen LogP contribution in [0.1, 0.15) is 5.56 Å². The third-order valence-electron chi connectivity index (χ3n) is 3.61. The van der Waals surface area contributed by atoms with Gasteiger partial charge in [-0.2, -0.15) is 0 Å². The summed E-state index contributed by atoms with van der Waals surface area (Å²) in [6.07, 6.45) is 0. The molecule has 1 aliphatic heterocycles. The van der Waals surface area contributed by atoms with E-state index in [0.717, 1.165) is 5.56 Å². The molecule has 3 rings (SSSR count). The first kappa shape index (κ1) is 15.8. The van der Waals surface area contributed by atoms with E-state index in [0.29, 0.717) is 12.4 Å². The van der Waals surface area contributed by atoms with Gasteiger partial charge in [0.2, 0.25) is 0 Å². The van der Waals surface area contributed by atoms with Crippen LogP contribution in [0.15, 0.2) is 48.5 Å². The number of benzene rings is 2. The van der Waals surface area contributed by atoms with E-state index in [9.17, 15) is 12.8 Å². The summed E-state index contributed by atoms with van der Waals surface area (Å²) in [4.78, 5) is 0. The van der Waals surface area contributed by atoms with E-state index in [2.05, 4.69) is 0 Å². The molecular weight excluding hydrogens is 319 g/mol. The van der Waals surface area contributed by atoms with Gasteiger partial charge in [0.1, 0.15) is 12.4 Å². The highest BCUT2D eigenvalue weighted by molar-refractivity contribution is 7.92. The summed E-state index contributed by atoms with van der Waals surface area (Å²) in [6, 6.07) is 14.0.